The second-order valence-corrected chi connectivity index (χ2v) is 7.64. The fourth-order valence-corrected chi connectivity index (χ4v) is 3.70. The van der Waals surface area contributed by atoms with Crippen LogP contribution in [0.1, 0.15) is 14.5 Å². The molecule has 0 spiro atoms. The lowest BCUT2D eigenvalue weighted by Crippen LogP contribution is -2.50. The molecule has 1 fully saturated rings. The molecule has 1 amide bonds. The fourth-order valence-electron chi connectivity index (χ4n) is 2.03. The Labute approximate surface area is 128 Å². The zero-order chi connectivity index (χ0) is 15.5. The molecule has 0 aliphatic carbocycles. The predicted octanol–water partition coefficient (Wildman–Crippen LogP) is -0.191. The van der Waals surface area contributed by atoms with Gasteiger partial charge < -0.3 is 10.0 Å². The van der Waals surface area contributed by atoms with Crippen molar-refractivity contribution in [3.05, 3.63) is 21.9 Å². The summed E-state index contributed by atoms with van der Waals surface area (Å²) in [7, 11) is -3.19. The number of piperazine rings is 1. The highest BCUT2D eigenvalue weighted by Crippen LogP contribution is 2.18. The van der Waals surface area contributed by atoms with E-state index in [-0.39, 0.29) is 12.5 Å². The van der Waals surface area contributed by atoms with E-state index >= 15 is 0 Å². The molecule has 1 aromatic heterocycles. The van der Waals surface area contributed by atoms with Crippen LogP contribution in [0.4, 0.5) is 0 Å². The lowest BCUT2D eigenvalue weighted by atomic mass is 10.3. The molecular formula is C13H16N2O4S2. The van der Waals surface area contributed by atoms with Crippen LogP contribution in [0.5, 0.6) is 0 Å². The minimum atomic E-state index is -3.19. The van der Waals surface area contributed by atoms with E-state index in [0.29, 0.717) is 31.1 Å². The molecule has 0 bridgehead atoms. The van der Waals surface area contributed by atoms with E-state index in [0.717, 1.165) is 4.88 Å². The molecule has 0 atom stereocenters. The Morgan fingerprint density at radius 3 is 2.57 bits per heavy atom. The minimum absolute atomic E-state index is 0.106. The maximum Gasteiger partial charge on any atom is 0.264 e. The largest absolute Gasteiger partial charge is 0.384 e. The third kappa shape index (κ3) is 4.04. The molecule has 2 heterocycles. The number of rotatable bonds is 2. The molecule has 1 N–H and O–H groups in total. The number of aliphatic hydroxyl groups is 1. The lowest BCUT2D eigenvalue weighted by Gasteiger charge is -2.32. The Hall–Kier alpha value is -1.40. The van der Waals surface area contributed by atoms with Gasteiger partial charge in [0.25, 0.3) is 5.91 Å². The summed E-state index contributed by atoms with van der Waals surface area (Å²) >= 11 is 1.27. The zero-order valence-electron chi connectivity index (χ0n) is 11.6. The van der Waals surface area contributed by atoms with Crippen LogP contribution >= 0.6 is 11.3 Å². The van der Waals surface area contributed by atoms with E-state index in [1.54, 1.807) is 17.0 Å². The summed E-state index contributed by atoms with van der Waals surface area (Å²) in [5.74, 6) is 5.19. The SMILES string of the molecule is CS(=O)(=O)N1CCN(C(=O)c2ccc(C#CCO)s2)CC1. The number of hydrogen-bond acceptors (Lipinski definition) is 5. The summed E-state index contributed by atoms with van der Waals surface area (Å²) in [6, 6.07) is 3.45. The van der Waals surface area contributed by atoms with Crippen LogP contribution in [0.15, 0.2) is 12.1 Å². The van der Waals surface area contributed by atoms with E-state index in [1.165, 1.54) is 21.9 Å². The first-order valence-electron chi connectivity index (χ1n) is 6.36. The van der Waals surface area contributed by atoms with Gasteiger partial charge in [-0.15, -0.1) is 11.3 Å². The minimum Gasteiger partial charge on any atom is -0.384 e. The van der Waals surface area contributed by atoms with Crippen molar-refractivity contribution in [2.75, 3.05) is 39.0 Å². The van der Waals surface area contributed by atoms with Crippen LogP contribution in [0.25, 0.3) is 0 Å². The first kappa shape index (κ1) is 16.0. The summed E-state index contributed by atoms with van der Waals surface area (Å²) in [5, 5.41) is 8.64. The standard InChI is InChI=1S/C13H16N2O4S2/c1-21(18,19)15-8-6-14(7-9-15)13(17)12-5-4-11(20-12)3-2-10-16/h4-5,16H,6-10H2,1H3. The average molecular weight is 328 g/mol. The van der Waals surface area contributed by atoms with Gasteiger partial charge in [-0.25, -0.2) is 8.42 Å². The Morgan fingerprint density at radius 1 is 1.33 bits per heavy atom. The number of nitrogens with zero attached hydrogens (tertiary/aromatic N) is 2. The van der Waals surface area contributed by atoms with E-state index in [1.807, 2.05) is 0 Å². The third-order valence-corrected chi connectivity index (χ3v) is 5.39. The van der Waals surface area contributed by atoms with Crippen LogP contribution in [0.3, 0.4) is 0 Å². The molecule has 1 aliphatic heterocycles. The second kappa shape index (κ2) is 6.58. The molecular weight excluding hydrogens is 312 g/mol. The first-order chi connectivity index (χ1) is 9.91. The number of carbonyl (C=O) groups is 1. The van der Waals surface area contributed by atoms with Gasteiger partial charge in [-0.05, 0) is 12.1 Å². The molecule has 1 aliphatic rings. The van der Waals surface area contributed by atoms with Crippen molar-refractivity contribution in [1.82, 2.24) is 9.21 Å². The average Bonchev–Trinajstić information content (AvgIpc) is 2.92. The molecule has 21 heavy (non-hydrogen) atoms. The number of carbonyl (C=O) groups excluding carboxylic acids is 1. The third-order valence-electron chi connectivity index (χ3n) is 3.10. The highest BCUT2D eigenvalue weighted by Gasteiger charge is 2.27. The van der Waals surface area contributed by atoms with Gasteiger partial charge >= 0.3 is 0 Å². The Kier molecular flexibility index (Phi) is 5.00. The van der Waals surface area contributed by atoms with Crippen LogP contribution in [0, 0.1) is 11.8 Å². The molecule has 1 aromatic rings. The van der Waals surface area contributed by atoms with Crippen molar-refractivity contribution in [3.8, 4) is 11.8 Å². The molecule has 0 radical (unpaired) electrons. The molecule has 0 unspecified atom stereocenters. The summed E-state index contributed by atoms with van der Waals surface area (Å²) in [4.78, 5) is 15.3. The van der Waals surface area contributed by atoms with E-state index in [9.17, 15) is 13.2 Å². The summed E-state index contributed by atoms with van der Waals surface area (Å²) < 4.78 is 24.2. The monoisotopic (exact) mass is 328 g/mol. The van der Waals surface area contributed by atoms with Crippen molar-refractivity contribution >= 4 is 27.3 Å². The van der Waals surface area contributed by atoms with Crippen LogP contribution in [-0.2, 0) is 10.0 Å². The molecule has 2 rings (SSSR count). The van der Waals surface area contributed by atoms with E-state index in [4.69, 9.17) is 5.11 Å². The van der Waals surface area contributed by atoms with Crippen molar-refractivity contribution < 1.29 is 18.3 Å². The molecule has 1 saturated heterocycles. The van der Waals surface area contributed by atoms with Crippen molar-refractivity contribution in [1.29, 1.82) is 0 Å². The van der Waals surface area contributed by atoms with Gasteiger partial charge in [0.1, 0.15) is 6.61 Å². The Balaban J connectivity index is 2.00. The Morgan fingerprint density at radius 2 is 2.00 bits per heavy atom. The van der Waals surface area contributed by atoms with Gasteiger partial charge in [0.15, 0.2) is 0 Å². The summed E-state index contributed by atoms with van der Waals surface area (Å²) in [6.07, 6.45) is 1.18. The van der Waals surface area contributed by atoms with Crippen LogP contribution in [0.2, 0.25) is 0 Å². The topological polar surface area (TPSA) is 77.9 Å². The number of aliphatic hydroxyl groups excluding tert-OH is 1. The number of sulfonamides is 1. The molecule has 0 aromatic carbocycles. The smallest absolute Gasteiger partial charge is 0.264 e. The predicted molar refractivity (Wildman–Crippen MR) is 80.6 cm³/mol. The van der Waals surface area contributed by atoms with Crippen LogP contribution in [-0.4, -0.2) is 67.7 Å². The van der Waals surface area contributed by atoms with Gasteiger partial charge in [0.05, 0.1) is 16.0 Å². The quantitative estimate of drug-likeness (QED) is 0.763. The van der Waals surface area contributed by atoms with Gasteiger partial charge in [0.2, 0.25) is 10.0 Å². The Bertz CT molecular complexity index is 677. The molecule has 114 valence electrons. The van der Waals surface area contributed by atoms with E-state index < -0.39 is 10.0 Å². The van der Waals surface area contributed by atoms with Crippen molar-refractivity contribution in [2.24, 2.45) is 0 Å². The second-order valence-electron chi connectivity index (χ2n) is 4.58. The first-order valence-corrected chi connectivity index (χ1v) is 9.02. The molecule has 6 nitrogen and oxygen atoms in total. The fraction of sp³-hybridized carbons (Fsp3) is 0.462. The van der Waals surface area contributed by atoms with E-state index in [2.05, 4.69) is 11.8 Å². The van der Waals surface area contributed by atoms with Gasteiger partial charge in [-0.2, -0.15) is 4.31 Å². The lowest BCUT2D eigenvalue weighted by molar-refractivity contribution is 0.0703. The number of amides is 1. The van der Waals surface area contributed by atoms with Crippen molar-refractivity contribution in [2.45, 2.75) is 0 Å². The van der Waals surface area contributed by atoms with Gasteiger partial charge in [0, 0.05) is 26.2 Å². The zero-order valence-corrected chi connectivity index (χ0v) is 13.2. The highest BCUT2D eigenvalue weighted by atomic mass is 32.2. The number of thiophene rings is 1. The van der Waals surface area contributed by atoms with Gasteiger partial charge in [-0.3, -0.25) is 4.79 Å². The normalized spacial score (nSPS) is 16.4. The maximum absolute atomic E-state index is 12.3. The van der Waals surface area contributed by atoms with Crippen LogP contribution < -0.4 is 0 Å². The molecule has 0 saturated carbocycles. The molecule has 8 heteroatoms. The van der Waals surface area contributed by atoms with Crippen molar-refractivity contribution in [3.63, 3.8) is 0 Å². The summed E-state index contributed by atoms with van der Waals surface area (Å²) in [6.45, 7) is 1.22. The highest BCUT2D eigenvalue weighted by molar-refractivity contribution is 7.88. The summed E-state index contributed by atoms with van der Waals surface area (Å²) in [5.41, 5.74) is 0. The van der Waals surface area contributed by atoms with Gasteiger partial charge in [-0.1, -0.05) is 11.8 Å². The number of hydrogen-bond donors (Lipinski definition) is 1. The maximum atomic E-state index is 12.3.